The molecule has 3 heteroatoms. The lowest BCUT2D eigenvalue weighted by atomic mass is 9.86. The molecular formula is C13H21N3. The lowest BCUT2D eigenvalue weighted by molar-refractivity contribution is 0.336. The van der Waals surface area contributed by atoms with Gasteiger partial charge in [0.25, 0.3) is 0 Å². The third-order valence-electron chi connectivity index (χ3n) is 4.09. The molecule has 0 atom stereocenters. The summed E-state index contributed by atoms with van der Waals surface area (Å²) < 4.78 is 2.31. The van der Waals surface area contributed by atoms with Crippen LogP contribution in [0.5, 0.6) is 0 Å². The SMILES string of the molecule is c1nnc(CCC2CCCCC2)n1C1CC1. The van der Waals surface area contributed by atoms with Gasteiger partial charge in [-0.05, 0) is 25.2 Å². The van der Waals surface area contributed by atoms with E-state index in [0.29, 0.717) is 0 Å². The van der Waals surface area contributed by atoms with E-state index in [1.54, 1.807) is 0 Å². The summed E-state index contributed by atoms with van der Waals surface area (Å²) in [5.41, 5.74) is 0. The number of nitrogens with zero attached hydrogens (tertiary/aromatic N) is 3. The predicted molar refractivity (Wildman–Crippen MR) is 63.2 cm³/mol. The van der Waals surface area contributed by atoms with E-state index >= 15 is 0 Å². The van der Waals surface area contributed by atoms with Crippen LogP contribution in [0.2, 0.25) is 0 Å². The van der Waals surface area contributed by atoms with Crippen LogP contribution in [0, 0.1) is 5.92 Å². The Bertz CT molecular complexity index is 335. The van der Waals surface area contributed by atoms with Gasteiger partial charge in [0.1, 0.15) is 12.2 Å². The van der Waals surface area contributed by atoms with E-state index in [9.17, 15) is 0 Å². The molecule has 0 aliphatic heterocycles. The van der Waals surface area contributed by atoms with Crippen LogP contribution in [0.4, 0.5) is 0 Å². The monoisotopic (exact) mass is 219 g/mol. The van der Waals surface area contributed by atoms with E-state index in [1.807, 2.05) is 6.33 Å². The molecule has 0 radical (unpaired) electrons. The zero-order valence-electron chi connectivity index (χ0n) is 9.94. The van der Waals surface area contributed by atoms with Gasteiger partial charge >= 0.3 is 0 Å². The maximum Gasteiger partial charge on any atom is 0.133 e. The third-order valence-corrected chi connectivity index (χ3v) is 4.09. The summed E-state index contributed by atoms with van der Waals surface area (Å²) in [7, 11) is 0. The molecule has 1 aromatic rings. The van der Waals surface area contributed by atoms with Crippen molar-refractivity contribution in [1.82, 2.24) is 14.8 Å². The summed E-state index contributed by atoms with van der Waals surface area (Å²) in [6.45, 7) is 0. The van der Waals surface area contributed by atoms with Crippen molar-refractivity contribution in [3.05, 3.63) is 12.2 Å². The molecule has 0 unspecified atom stereocenters. The molecule has 0 aromatic carbocycles. The molecule has 0 spiro atoms. The average Bonchev–Trinajstić information content (AvgIpc) is 3.07. The van der Waals surface area contributed by atoms with E-state index in [1.165, 1.54) is 57.2 Å². The second-order valence-corrected chi connectivity index (χ2v) is 5.43. The zero-order valence-corrected chi connectivity index (χ0v) is 9.94. The maximum atomic E-state index is 4.27. The van der Waals surface area contributed by atoms with Crippen molar-refractivity contribution in [2.24, 2.45) is 5.92 Å². The van der Waals surface area contributed by atoms with Crippen LogP contribution in [0.25, 0.3) is 0 Å². The number of hydrogen-bond donors (Lipinski definition) is 0. The van der Waals surface area contributed by atoms with Crippen LogP contribution in [0.15, 0.2) is 6.33 Å². The van der Waals surface area contributed by atoms with E-state index in [4.69, 9.17) is 0 Å². The van der Waals surface area contributed by atoms with Gasteiger partial charge < -0.3 is 4.57 Å². The van der Waals surface area contributed by atoms with Crippen molar-refractivity contribution in [2.75, 3.05) is 0 Å². The molecule has 2 aliphatic rings. The molecule has 88 valence electrons. The van der Waals surface area contributed by atoms with Gasteiger partial charge in [-0.1, -0.05) is 32.1 Å². The van der Waals surface area contributed by atoms with Crippen molar-refractivity contribution in [2.45, 2.75) is 63.8 Å². The third kappa shape index (κ3) is 2.28. The smallest absolute Gasteiger partial charge is 0.133 e. The Balaban J connectivity index is 1.54. The fourth-order valence-electron chi connectivity index (χ4n) is 2.91. The van der Waals surface area contributed by atoms with Crippen LogP contribution in [-0.2, 0) is 6.42 Å². The number of rotatable bonds is 4. The van der Waals surface area contributed by atoms with Gasteiger partial charge in [-0.2, -0.15) is 0 Å². The quantitative estimate of drug-likeness (QED) is 0.779. The first-order chi connectivity index (χ1) is 7.93. The highest BCUT2D eigenvalue weighted by atomic mass is 15.3. The molecule has 0 saturated heterocycles. The molecule has 2 saturated carbocycles. The molecule has 3 nitrogen and oxygen atoms in total. The molecule has 1 aromatic heterocycles. The van der Waals surface area contributed by atoms with Gasteiger partial charge in [0.2, 0.25) is 0 Å². The Morgan fingerprint density at radius 3 is 2.69 bits per heavy atom. The van der Waals surface area contributed by atoms with Gasteiger partial charge in [0, 0.05) is 12.5 Å². The van der Waals surface area contributed by atoms with Gasteiger partial charge in [0.05, 0.1) is 0 Å². The Labute approximate surface area is 97.3 Å². The normalized spacial score (nSPS) is 22.5. The lowest BCUT2D eigenvalue weighted by Crippen LogP contribution is -2.09. The van der Waals surface area contributed by atoms with Crippen molar-refractivity contribution in [1.29, 1.82) is 0 Å². The van der Waals surface area contributed by atoms with E-state index < -0.39 is 0 Å². The highest BCUT2D eigenvalue weighted by molar-refractivity contribution is 4.95. The van der Waals surface area contributed by atoms with Gasteiger partial charge in [-0.3, -0.25) is 0 Å². The number of aromatic nitrogens is 3. The fraction of sp³-hybridized carbons (Fsp3) is 0.846. The zero-order chi connectivity index (χ0) is 10.8. The van der Waals surface area contributed by atoms with Gasteiger partial charge in [0.15, 0.2) is 0 Å². The predicted octanol–water partition coefficient (Wildman–Crippen LogP) is 3.13. The molecule has 2 fully saturated rings. The summed E-state index contributed by atoms with van der Waals surface area (Å²) >= 11 is 0. The largest absolute Gasteiger partial charge is 0.314 e. The molecule has 16 heavy (non-hydrogen) atoms. The van der Waals surface area contributed by atoms with Crippen LogP contribution < -0.4 is 0 Å². The lowest BCUT2D eigenvalue weighted by Gasteiger charge is -2.21. The van der Waals surface area contributed by atoms with Gasteiger partial charge in [-0.25, -0.2) is 0 Å². The van der Waals surface area contributed by atoms with Crippen molar-refractivity contribution >= 4 is 0 Å². The van der Waals surface area contributed by atoms with E-state index in [2.05, 4.69) is 14.8 Å². The minimum atomic E-state index is 0.733. The van der Waals surface area contributed by atoms with E-state index in [0.717, 1.165) is 18.4 Å². The van der Waals surface area contributed by atoms with Crippen LogP contribution >= 0.6 is 0 Å². The van der Waals surface area contributed by atoms with Crippen LogP contribution in [-0.4, -0.2) is 14.8 Å². The highest BCUT2D eigenvalue weighted by Crippen LogP contribution is 2.36. The summed E-state index contributed by atoms with van der Waals surface area (Å²) in [5.74, 6) is 2.19. The molecule has 0 N–H and O–H groups in total. The maximum absolute atomic E-state index is 4.27. The fourth-order valence-corrected chi connectivity index (χ4v) is 2.91. The van der Waals surface area contributed by atoms with Crippen LogP contribution in [0.1, 0.15) is 63.2 Å². The Morgan fingerprint density at radius 1 is 1.12 bits per heavy atom. The minimum Gasteiger partial charge on any atom is -0.314 e. The molecule has 2 aliphatic carbocycles. The standard InChI is InChI=1S/C13H21N3/c1-2-4-11(5-3-1)6-9-13-15-14-10-16(13)12-7-8-12/h10-12H,1-9H2. The first-order valence-electron chi connectivity index (χ1n) is 6.82. The summed E-state index contributed by atoms with van der Waals surface area (Å²) in [4.78, 5) is 0. The molecule has 0 amide bonds. The van der Waals surface area contributed by atoms with Crippen molar-refractivity contribution < 1.29 is 0 Å². The first-order valence-corrected chi connectivity index (χ1v) is 6.82. The van der Waals surface area contributed by atoms with Crippen LogP contribution in [0.3, 0.4) is 0 Å². The minimum absolute atomic E-state index is 0.733. The topological polar surface area (TPSA) is 30.7 Å². The number of hydrogen-bond acceptors (Lipinski definition) is 2. The second-order valence-electron chi connectivity index (χ2n) is 5.43. The number of aryl methyl sites for hydroxylation is 1. The first kappa shape index (κ1) is 10.3. The van der Waals surface area contributed by atoms with Gasteiger partial charge in [-0.15, -0.1) is 10.2 Å². The van der Waals surface area contributed by atoms with Crippen molar-refractivity contribution in [3.63, 3.8) is 0 Å². The molecule has 3 rings (SSSR count). The highest BCUT2D eigenvalue weighted by Gasteiger charge is 2.26. The van der Waals surface area contributed by atoms with Crippen molar-refractivity contribution in [3.8, 4) is 0 Å². The van der Waals surface area contributed by atoms with E-state index in [-0.39, 0.29) is 0 Å². The Kier molecular flexibility index (Phi) is 2.94. The summed E-state index contributed by atoms with van der Waals surface area (Å²) in [6.07, 6.45) is 14.3. The summed E-state index contributed by atoms with van der Waals surface area (Å²) in [5, 5.41) is 8.33. The molecule has 1 heterocycles. The second kappa shape index (κ2) is 4.56. The summed E-state index contributed by atoms with van der Waals surface area (Å²) in [6, 6.07) is 0.733. The Hall–Kier alpha value is -0.860. The Morgan fingerprint density at radius 2 is 1.94 bits per heavy atom. The molecule has 0 bridgehead atoms. The molecular weight excluding hydrogens is 198 g/mol. The average molecular weight is 219 g/mol.